The average Bonchev–Trinajstić information content (AvgIpc) is 2.43. The molecule has 1 atom stereocenters. The number of benzene rings is 2. The third-order valence-electron chi connectivity index (χ3n) is 2.97. The van der Waals surface area contributed by atoms with Crippen molar-refractivity contribution in [2.24, 2.45) is 5.84 Å². The maximum atomic E-state index is 13.6. The van der Waals surface area contributed by atoms with Crippen molar-refractivity contribution in [1.82, 2.24) is 5.43 Å². The molecule has 0 aliphatic carbocycles. The topological polar surface area (TPSA) is 38.0 Å². The summed E-state index contributed by atoms with van der Waals surface area (Å²) < 4.78 is 27.6. The van der Waals surface area contributed by atoms with E-state index in [4.69, 9.17) is 5.84 Å². The van der Waals surface area contributed by atoms with Gasteiger partial charge in [-0.25, -0.2) is 8.78 Å². The van der Waals surface area contributed by atoms with E-state index in [-0.39, 0.29) is 17.7 Å². The second kappa shape index (κ2) is 6.76. The van der Waals surface area contributed by atoms with Gasteiger partial charge in [0.15, 0.2) is 0 Å². The standard InChI is InChI=1S/C14H12Br2F2N2/c15-10-3-2-9(7-13(10)18)14(20-19)6-8-1-4-12(17)11(16)5-8/h1-5,7,14,20H,6,19H2. The molecule has 2 rings (SSSR count). The molecule has 0 saturated heterocycles. The van der Waals surface area contributed by atoms with Crippen LogP contribution in [0.15, 0.2) is 45.3 Å². The monoisotopic (exact) mass is 404 g/mol. The Kier molecular flexibility index (Phi) is 5.26. The van der Waals surface area contributed by atoms with E-state index in [9.17, 15) is 8.78 Å². The average molecular weight is 406 g/mol. The maximum Gasteiger partial charge on any atom is 0.137 e. The predicted octanol–water partition coefficient (Wildman–Crippen LogP) is 4.24. The van der Waals surface area contributed by atoms with Crippen molar-refractivity contribution in [3.63, 3.8) is 0 Å². The Morgan fingerprint density at radius 2 is 1.75 bits per heavy atom. The summed E-state index contributed by atoms with van der Waals surface area (Å²) in [5.74, 6) is 4.88. The molecule has 106 valence electrons. The Labute approximate surface area is 132 Å². The lowest BCUT2D eigenvalue weighted by Gasteiger charge is -2.17. The molecule has 0 saturated carbocycles. The Bertz CT molecular complexity index is 620. The molecule has 2 aromatic carbocycles. The van der Waals surface area contributed by atoms with Crippen molar-refractivity contribution in [1.29, 1.82) is 0 Å². The Balaban J connectivity index is 2.23. The van der Waals surface area contributed by atoms with Crippen LogP contribution in [-0.2, 0) is 6.42 Å². The second-order valence-electron chi connectivity index (χ2n) is 4.35. The largest absolute Gasteiger partial charge is 0.271 e. The van der Waals surface area contributed by atoms with E-state index in [0.29, 0.717) is 15.4 Å². The first kappa shape index (κ1) is 15.6. The number of nitrogens with two attached hydrogens (primary N) is 1. The zero-order valence-electron chi connectivity index (χ0n) is 10.3. The lowest BCUT2D eigenvalue weighted by molar-refractivity contribution is 0.542. The van der Waals surface area contributed by atoms with E-state index < -0.39 is 0 Å². The van der Waals surface area contributed by atoms with Crippen molar-refractivity contribution in [3.8, 4) is 0 Å². The summed E-state index contributed by atoms with van der Waals surface area (Å²) in [6.45, 7) is 0. The Hall–Kier alpha value is -0.820. The molecular formula is C14H12Br2F2N2. The van der Waals surface area contributed by atoms with Crippen LogP contribution in [0, 0.1) is 11.6 Å². The quantitative estimate of drug-likeness (QED) is 0.589. The summed E-state index contributed by atoms with van der Waals surface area (Å²) in [5.41, 5.74) is 4.28. The third kappa shape index (κ3) is 3.63. The van der Waals surface area contributed by atoms with Crippen LogP contribution >= 0.6 is 31.9 Å². The molecule has 0 radical (unpaired) electrons. The predicted molar refractivity (Wildman–Crippen MR) is 82.0 cm³/mol. The number of rotatable bonds is 4. The number of nitrogens with one attached hydrogen (secondary N) is 1. The highest BCUT2D eigenvalue weighted by atomic mass is 79.9. The van der Waals surface area contributed by atoms with Gasteiger partial charge in [-0.15, -0.1) is 0 Å². The zero-order valence-corrected chi connectivity index (χ0v) is 13.5. The molecule has 0 heterocycles. The van der Waals surface area contributed by atoms with E-state index in [1.807, 2.05) is 0 Å². The molecule has 2 aromatic rings. The minimum absolute atomic E-state index is 0.255. The van der Waals surface area contributed by atoms with Crippen LogP contribution in [0.1, 0.15) is 17.2 Å². The highest BCUT2D eigenvalue weighted by Gasteiger charge is 2.13. The summed E-state index contributed by atoms with van der Waals surface area (Å²) in [6.07, 6.45) is 0.524. The van der Waals surface area contributed by atoms with Crippen LogP contribution in [0.5, 0.6) is 0 Å². The smallest absolute Gasteiger partial charge is 0.137 e. The molecule has 3 N–H and O–H groups in total. The van der Waals surface area contributed by atoms with Gasteiger partial charge >= 0.3 is 0 Å². The SMILES string of the molecule is NNC(Cc1ccc(F)c(Br)c1)c1ccc(Br)c(F)c1. The lowest BCUT2D eigenvalue weighted by Crippen LogP contribution is -2.29. The van der Waals surface area contributed by atoms with Crippen LogP contribution < -0.4 is 11.3 Å². The van der Waals surface area contributed by atoms with Crippen LogP contribution in [0.25, 0.3) is 0 Å². The molecule has 0 fully saturated rings. The van der Waals surface area contributed by atoms with Gasteiger partial charge in [-0.3, -0.25) is 11.3 Å². The van der Waals surface area contributed by atoms with Crippen molar-refractivity contribution in [2.45, 2.75) is 12.5 Å². The second-order valence-corrected chi connectivity index (χ2v) is 6.05. The molecule has 20 heavy (non-hydrogen) atoms. The van der Waals surface area contributed by atoms with E-state index in [0.717, 1.165) is 11.1 Å². The van der Waals surface area contributed by atoms with Crippen molar-refractivity contribution in [2.75, 3.05) is 0 Å². The highest BCUT2D eigenvalue weighted by molar-refractivity contribution is 9.10. The first-order valence-electron chi connectivity index (χ1n) is 5.86. The molecule has 2 nitrogen and oxygen atoms in total. The molecule has 0 bridgehead atoms. The molecule has 0 amide bonds. The zero-order chi connectivity index (χ0) is 14.7. The summed E-state index contributed by atoms with van der Waals surface area (Å²) in [7, 11) is 0. The fourth-order valence-corrected chi connectivity index (χ4v) is 2.58. The normalized spacial score (nSPS) is 12.4. The fraction of sp³-hybridized carbons (Fsp3) is 0.143. The number of hydrogen-bond donors (Lipinski definition) is 2. The first-order chi connectivity index (χ1) is 9.51. The fourth-order valence-electron chi connectivity index (χ4n) is 1.90. The highest BCUT2D eigenvalue weighted by Crippen LogP contribution is 2.24. The molecule has 0 aliphatic heterocycles. The molecule has 0 aliphatic rings. The Morgan fingerprint density at radius 1 is 1.00 bits per heavy atom. The van der Waals surface area contributed by atoms with Gasteiger partial charge in [0.25, 0.3) is 0 Å². The minimum Gasteiger partial charge on any atom is -0.271 e. The molecular weight excluding hydrogens is 394 g/mol. The number of halogens is 4. The van der Waals surface area contributed by atoms with Gasteiger partial charge in [-0.1, -0.05) is 12.1 Å². The lowest BCUT2D eigenvalue weighted by atomic mass is 9.99. The van der Waals surface area contributed by atoms with E-state index in [2.05, 4.69) is 37.3 Å². The van der Waals surface area contributed by atoms with Crippen LogP contribution in [0.3, 0.4) is 0 Å². The third-order valence-corrected chi connectivity index (χ3v) is 4.22. The van der Waals surface area contributed by atoms with Gasteiger partial charge in [0.05, 0.1) is 15.0 Å². The van der Waals surface area contributed by atoms with Crippen molar-refractivity contribution in [3.05, 3.63) is 68.1 Å². The first-order valence-corrected chi connectivity index (χ1v) is 7.45. The molecule has 6 heteroatoms. The minimum atomic E-state index is -0.344. The summed E-state index contributed by atoms with van der Waals surface area (Å²) in [4.78, 5) is 0. The summed E-state index contributed by atoms with van der Waals surface area (Å²) in [6, 6.07) is 9.35. The number of hydrazine groups is 1. The van der Waals surface area contributed by atoms with Gasteiger partial charge in [0.1, 0.15) is 11.6 Å². The van der Waals surface area contributed by atoms with Crippen LogP contribution in [-0.4, -0.2) is 0 Å². The van der Waals surface area contributed by atoms with Crippen molar-refractivity contribution < 1.29 is 8.78 Å². The maximum absolute atomic E-state index is 13.6. The Morgan fingerprint density at radius 3 is 2.35 bits per heavy atom. The summed E-state index contributed by atoms with van der Waals surface area (Å²) in [5, 5.41) is 0. The van der Waals surface area contributed by atoms with Gasteiger partial charge in [0.2, 0.25) is 0 Å². The van der Waals surface area contributed by atoms with Crippen LogP contribution in [0.4, 0.5) is 8.78 Å². The molecule has 0 aromatic heterocycles. The van der Waals surface area contributed by atoms with Gasteiger partial charge in [0, 0.05) is 0 Å². The van der Waals surface area contributed by atoms with Gasteiger partial charge in [-0.2, -0.15) is 0 Å². The number of hydrogen-bond acceptors (Lipinski definition) is 2. The van der Waals surface area contributed by atoms with E-state index in [1.54, 1.807) is 24.3 Å². The van der Waals surface area contributed by atoms with Crippen LogP contribution in [0.2, 0.25) is 0 Å². The summed E-state index contributed by atoms with van der Waals surface area (Å²) >= 11 is 6.25. The van der Waals surface area contributed by atoms with E-state index in [1.165, 1.54) is 12.1 Å². The van der Waals surface area contributed by atoms with E-state index >= 15 is 0 Å². The molecule has 0 spiro atoms. The van der Waals surface area contributed by atoms with Gasteiger partial charge < -0.3 is 0 Å². The van der Waals surface area contributed by atoms with Crippen molar-refractivity contribution >= 4 is 31.9 Å². The molecule has 1 unspecified atom stereocenters. The van der Waals surface area contributed by atoms with Gasteiger partial charge in [-0.05, 0) is 73.7 Å².